The van der Waals surface area contributed by atoms with Crippen LogP contribution in [0.1, 0.15) is 5.69 Å². The molecular weight excluding hydrogens is 355 g/mol. The first-order valence-electron chi connectivity index (χ1n) is 7.08. The second-order valence-electron chi connectivity index (χ2n) is 5.06. The number of hydrogen-bond acceptors (Lipinski definition) is 6. The second kappa shape index (κ2) is 6.43. The number of nitrogens with zero attached hydrogens (tertiary/aromatic N) is 5. The third-order valence-corrected chi connectivity index (χ3v) is 3.38. The van der Waals surface area contributed by atoms with E-state index in [1.165, 1.54) is 19.2 Å². The zero-order valence-corrected chi connectivity index (χ0v) is 13.1. The van der Waals surface area contributed by atoms with E-state index in [2.05, 4.69) is 15.1 Å². The molecule has 0 bridgehead atoms. The second-order valence-corrected chi connectivity index (χ2v) is 5.06. The molecule has 0 amide bonds. The molecular formula is C15H10F3N5O3. The third-order valence-electron chi connectivity index (χ3n) is 3.38. The van der Waals surface area contributed by atoms with Gasteiger partial charge < -0.3 is 4.74 Å². The van der Waals surface area contributed by atoms with Crippen LogP contribution in [0.3, 0.4) is 0 Å². The Hall–Kier alpha value is -3.50. The highest BCUT2D eigenvalue weighted by molar-refractivity contribution is 5.61. The van der Waals surface area contributed by atoms with Crippen LogP contribution in [0.5, 0.6) is 5.75 Å². The highest BCUT2D eigenvalue weighted by Crippen LogP contribution is 2.31. The van der Waals surface area contributed by atoms with Crippen molar-refractivity contribution < 1.29 is 22.8 Å². The molecule has 11 heteroatoms. The summed E-state index contributed by atoms with van der Waals surface area (Å²) in [5, 5.41) is 14.4. The number of methoxy groups -OCH3 is 1. The minimum absolute atomic E-state index is 0.0110. The number of aromatic nitrogens is 4. The van der Waals surface area contributed by atoms with E-state index in [1.807, 2.05) is 0 Å². The number of benzene rings is 1. The molecule has 2 heterocycles. The standard InChI is InChI=1S/C15H10F3N5O3/c1-26-11-4-2-9(3-5-11)12-6-13(15(16,17)18)21-14(20-12)22-8-10(7-19-22)23(24)25/h2-8H,1H3. The lowest BCUT2D eigenvalue weighted by atomic mass is 10.1. The van der Waals surface area contributed by atoms with Crippen molar-refractivity contribution in [1.82, 2.24) is 19.7 Å². The van der Waals surface area contributed by atoms with Gasteiger partial charge in [-0.25, -0.2) is 9.97 Å². The van der Waals surface area contributed by atoms with Crippen molar-refractivity contribution in [3.8, 4) is 23.0 Å². The Kier molecular flexibility index (Phi) is 4.28. The molecule has 0 atom stereocenters. The fourth-order valence-corrected chi connectivity index (χ4v) is 2.11. The highest BCUT2D eigenvalue weighted by atomic mass is 19.4. The topological polar surface area (TPSA) is 96.0 Å². The van der Waals surface area contributed by atoms with E-state index < -0.39 is 28.4 Å². The molecule has 0 saturated heterocycles. The summed E-state index contributed by atoms with van der Waals surface area (Å²) in [5.74, 6) is 0.0977. The summed E-state index contributed by atoms with van der Waals surface area (Å²) in [5.41, 5.74) is -1.20. The van der Waals surface area contributed by atoms with Crippen molar-refractivity contribution in [2.45, 2.75) is 6.18 Å². The molecule has 8 nitrogen and oxygen atoms in total. The van der Waals surface area contributed by atoms with Crippen molar-refractivity contribution in [1.29, 1.82) is 0 Å². The smallest absolute Gasteiger partial charge is 0.433 e. The molecule has 0 unspecified atom stereocenters. The lowest BCUT2D eigenvalue weighted by Gasteiger charge is -2.10. The predicted molar refractivity (Wildman–Crippen MR) is 82.8 cm³/mol. The molecule has 0 fully saturated rings. The highest BCUT2D eigenvalue weighted by Gasteiger charge is 2.34. The molecule has 0 spiro atoms. The summed E-state index contributed by atoms with van der Waals surface area (Å²) in [6.45, 7) is 0. The molecule has 0 aliphatic rings. The minimum atomic E-state index is -4.72. The van der Waals surface area contributed by atoms with Crippen LogP contribution < -0.4 is 4.74 Å². The van der Waals surface area contributed by atoms with Crippen molar-refractivity contribution in [2.75, 3.05) is 7.11 Å². The van der Waals surface area contributed by atoms with Crippen LogP contribution in [-0.4, -0.2) is 31.8 Å². The Morgan fingerprint density at radius 1 is 1.19 bits per heavy atom. The maximum absolute atomic E-state index is 13.2. The number of hydrogen-bond donors (Lipinski definition) is 0. The fourth-order valence-electron chi connectivity index (χ4n) is 2.11. The van der Waals surface area contributed by atoms with Crippen LogP contribution in [0, 0.1) is 10.1 Å². The van der Waals surface area contributed by atoms with Gasteiger partial charge in [0, 0.05) is 5.56 Å². The SMILES string of the molecule is COc1ccc(-c2cc(C(F)(F)F)nc(-n3cc([N+](=O)[O-])cn3)n2)cc1. The van der Waals surface area contributed by atoms with Crippen LogP contribution in [0.2, 0.25) is 0 Å². The van der Waals surface area contributed by atoms with Gasteiger partial charge in [-0.2, -0.15) is 23.0 Å². The molecule has 0 saturated carbocycles. The predicted octanol–water partition coefficient (Wildman–Crippen LogP) is 3.26. The molecule has 3 aromatic rings. The molecule has 134 valence electrons. The van der Waals surface area contributed by atoms with Crippen LogP contribution in [0.25, 0.3) is 17.2 Å². The van der Waals surface area contributed by atoms with Crippen LogP contribution in [-0.2, 0) is 6.18 Å². The summed E-state index contributed by atoms with van der Waals surface area (Å²) in [7, 11) is 1.46. The Morgan fingerprint density at radius 2 is 1.88 bits per heavy atom. The van der Waals surface area contributed by atoms with Gasteiger partial charge >= 0.3 is 11.9 Å². The maximum atomic E-state index is 13.2. The van der Waals surface area contributed by atoms with E-state index in [0.717, 1.165) is 23.1 Å². The van der Waals surface area contributed by atoms with Gasteiger partial charge in [0.2, 0.25) is 0 Å². The van der Waals surface area contributed by atoms with Gasteiger partial charge in [0.25, 0.3) is 5.95 Å². The first kappa shape index (κ1) is 17.3. The number of halogens is 3. The van der Waals surface area contributed by atoms with E-state index in [9.17, 15) is 23.3 Å². The van der Waals surface area contributed by atoms with Crippen LogP contribution in [0.4, 0.5) is 18.9 Å². The zero-order chi connectivity index (χ0) is 18.9. The number of nitro groups is 1. The van der Waals surface area contributed by atoms with E-state index in [-0.39, 0.29) is 5.69 Å². The van der Waals surface area contributed by atoms with Gasteiger partial charge in [-0.05, 0) is 30.3 Å². The summed E-state index contributed by atoms with van der Waals surface area (Å²) < 4.78 is 45.4. The van der Waals surface area contributed by atoms with Crippen LogP contribution >= 0.6 is 0 Å². The molecule has 0 aliphatic carbocycles. The van der Waals surface area contributed by atoms with Crippen molar-refractivity contribution >= 4 is 5.69 Å². The lowest BCUT2D eigenvalue weighted by Crippen LogP contribution is -2.13. The van der Waals surface area contributed by atoms with Gasteiger partial charge in [-0.15, -0.1) is 0 Å². The Labute approximate surface area is 144 Å². The summed E-state index contributed by atoms with van der Waals surface area (Å²) in [4.78, 5) is 17.5. The Bertz CT molecular complexity index is 954. The quantitative estimate of drug-likeness (QED) is 0.520. The molecule has 0 N–H and O–H groups in total. The molecule has 0 radical (unpaired) electrons. The summed E-state index contributed by atoms with van der Waals surface area (Å²) in [6.07, 6.45) is -2.89. The van der Waals surface area contributed by atoms with Gasteiger partial charge in [0.05, 0.1) is 17.7 Å². The molecule has 3 rings (SSSR count). The van der Waals surface area contributed by atoms with Crippen LogP contribution in [0.15, 0.2) is 42.7 Å². The molecule has 26 heavy (non-hydrogen) atoms. The normalized spacial score (nSPS) is 11.4. The van der Waals surface area contributed by atoms with Crippen molar-refractivity contribution in [3.05, 3.63) is 58.5 Å². The Morgan fingerprint density at radius 3 is 2.42 bits per heavy atom. The van der Waals surface area contributed by atoms with Crippen molar-refractivity contribution in [3.63, 3.8) is 0 Å². The summed E-state index contributed by atoms with van der Waals surface area (Å²) >= 11 is 0. The van der Waals surface area contributed by atoms with Crippen molar-refractivity contribution in [2.24, 2.45) is 0 Å². The third kappa shape index (κ3) is 3.45. The molecule has 2 aromatic heterocycles. The maximum Gasteiger partial charge on any atom is 0.433 e. The monoisotopic (exact) mass is 365 g/mol. The number of alkyl halides is 3. The zero-order valence-electron chi connectivity index (χ0n) is 13.1. The van der Waals surface area contributed by atoms with E-state index in [0.29, 0.717) is 11.3 Å². The van der Waals surface area contributed by atoms with E-state index >= 15 is 0 Å². The van der Waals surface area contributed by atoms with E-state index in [4.69, 9.17) is 4.74 Å². The van der Waals surface area contributed by atoms with Gasteiger partial charge in [-0.1, -0.05) is 0 Å². The first-order chi connectivity index (χ1) is 12.3. The van der Waals surface area contributed by atoms with Gasteiger partial charge in [0.1, 0.15) is 18.1 Å². The Balaban J connectivity index is 2.13. The summed E-state index contributed by atoms with van der Waals surface area (Å²) in [6, 6.07) is 7.02. The van der Waals surface area contributed by atoms with Gasteiger partial charge in [-0.3, -0.25) is 10.1 Å². The average Bonchev–Trinajstić information content (AvgIpc) is 3.11. The molecule has 1 aromatic carbocycles. The average molecular weight is 365 g/mol. The van der Waals surface area contributed by atoms with E-state index in [1.54, 1.807) is 12.1 Å². The van der Waals surface area contributed by atoms with Gasteiger partial charge in [0.15, 0.2) is 5.69 Å². The lowest BCUT2D eigenvalue weighted by molar-refractivity contribution is -0.384. The largest absolute Gasteiger partial charge is 0.497 e. The first-order valence-corrected chi connectivity index (χ1v) is 7.08. The fraction of sp³-hybridized carbons (Fsp3) is 0.133. The molecule has 0 aliphatic heterocycles. The number of rotatable bonds is 4. The minimum Gasteiger partial charge on any atom is -0.497 e. The number of ether oxygens (including phenoxy) is 1.